The van der Waals surface area contributed by atoms with Crippen molar-refractivity contribution in [3.05, 3.63) is 52.5 Å². The first-order valence-corrected chi connectivity index (χ1v) is 7.81. The van der Waals surface area contributed by atoms with Gasteiger partial charge in [0.1, 0.15) is 4.90 Å². The molecule has 0 aliphatic carbocycles. The van der Waals surface area contributed by atoms with Crippen LogP contribution in [0.1, 0.15) is 5.56 Å². The highest BCUT2D eigenvalue weighted by Crippen LogP contribution is 2.24. The Kier molecular flexibility index (Phi) is 3.82. The zero-order valence-electron chi connectivity index (χ0n) is 10.2. The quantitative estimate of drug-likeness (QED) is 0.843. The molecule has 0 atom stereocenters. The summed E-state index contributed by atoms with van der Waals surface area (Å²) in [5, 5.41) is 0. The molecule has 6 heteroatoms. The van der Waals surface area contributed by atoms with Crippen LogP contribution < -0.4 is 10.5 Å². The standard InChI is InChI=1S/C13H13BrN2O2S/c1-9-6-7-10(8-11(9)14)16-19(17,18)13-5-3-2-4-12(13)15/h2-8,16H,15H2,1H3. The molecule has 2 rings (SSSR count). The van der Waals surface area contributed by atoms with Crippen LogP contribution in [-0.2, 0) is 10.0 Å². The Morgan fingerprint density at radius 3 is 2.47 bits per heavy atom. The van der Waals surface area contributed by atoms with E-state index in [2.05, 4.69) is 20.7 Å². The fourth-order valence-electron chi connectivity index (χ4n) is 1.59. The predicted octanol–water partition coefficient (Wildman–Crippen LogP) is 3.14. The number of hydrogen-bond acceptors (Lipinski definition) is 3. The van der Waals surface area contributed by atoms with Crippen LogP contribution in [0.4, 0.5) is 11.4 Å². The molecule has 0 saturated carbocycles. The molecule has 0 aliphatic heterocycles. The van der Waals surface area contributed by atoms with Gasteiger partial charge < -0.3 is 5.73 Å². The van der Waals surface area contributed by atoms with Gasteiger partial charge in [-0.15, -0.1) is 0 Å². The summed E-state index contributed by atoms with van der Waals surface area (Å²) >= 11 is 3.36. The molecule has 0 spiro atoms. The minimum absolute atomic E-state index is 0.0756. The van der Waals surface area contributed by atoms with Gasteiger partial charge in [-0.3, -0.25) is 4.72 Å². The van der Waals surface area contributed by atoms with Crippen LogP contribution in [0.15, 0.2) is 51.8 Å². The van der Waals surface area contributed by atoms with Gasteiger partial charge in [0.05, 0.1) is 5.69 Å². The van der Waals surface area contributed by atoms with Gasteiger partial charge in [0.2, 0.25) is 0 Å². The van der Waals surface area contributed by atoms with Gasteiger partial charge in [0.25, 0.3) is 10.0 Å². The summed E-state index contributed by atoms with van der Waals surface area (Å²) < 4.78 is 27.8. The Morgan fingerprint density at radius 2 is 1.84 bits per heavy atom. The van der Waals surface area contributed by atoms with E-state index in [4.69, 9.17) is 5.73 Å². The van der Waals surface area contributed by atoms with E-state index in [1.165, 1.54) is 6.07 Å². The molecule has 0 fully saturated rings. The van der Waals surface area contributed by atoms with Gasteiger partial charge in [0, 0.05) is 10.2 Å². The molecule has 0 bridgehead atoms. The summed E-state index contributed by atoms with van der Waals surface area (Å²) in [5.74, 6) is 0. The molecule has 100 valence electrons. The summed E-state index contributed by atoms with van der Waals surface area (Å²) in [7, 11) is -3.67. The molecule has 4 nitrogen and oxygen atoms in total. The van der Waals surface area contributed by atoms with Gasteiger partial charge >= 0.3 is 0 Å². The van der Waals surface area contributed by atoms with E-state index < -0.39 is 10.0 Å². The first-order chi connectivity index (χ1) is 8.90. The summed E-state index contributed by atoms with van der Waals surface area (Å²) in [6.45, 7) is 1.93. The van der Waals surface area contributed by atoms with E-state index in [0.717, 1.165) is 10.0 Å². The van der Waals surface area contributed by atoms with E-state index in [1.807, 2.05) is 13.0 Å². The minimum atomic E-state index is -3.67. The molecule has 0 aromatic heterocycles. The first kappa shape index (κ1) is 13.9. The fourth-order valence-corrected chi connectivity index (χ4v) is 3.15. The van der Waals surface area contributed by atoms with Crippen molar-refractivity contribution in [2.45, 2.75) is 11.8 Å². The molecule has 2 aromatic carbocycles. The van der Waals surface area contributed by atoms with Gasteiger partial charge in [-0.05, 0) is 36.8 Å². The Balaban J connectivity index is 2.37. The number of halogens is 1. The molecule has 0 radical (unpaired) electrons. The van der Waals surface area contributed by atoms with Gasteiger partial charge in [0.15, 0.2) is 0 Å². The lowest BCUT2D eigenvalue weighted by atomic mass is 10.2. The number of nitrogen functional groups attached to an aromatic ring is 1. The molecule has 0 amide bonds. The number of nitrogens with one attached hydrogen (secondary N) is 1. The highest BCUT2D eigenvalue weighted by atomic mass is 79.9. The zero-order chi connectivity index (χ0) is 14.0. The van der Waals surface area contributed by atoms with Crippen molar-refractivity contribution < 1.29 is 8.42 Å². The summed E-state index contributed by atoms with van der Waals surface area (Å²) in [6.07, 6.45) is 0. The Bertz CT molecular complexity index is 714. The van der Waals surface area contributed by atoms with Gasteiger partial charge in [-0.25, -0.2) is 8.42 Å². The second kappa shape index (κ2) is 5.22. The van der Waals surface area contributed by atoms with Crippen LogP contribution in [0, 0.1) is 6.92 Å². The van der Waals surface area contributed by atoms with Crippen molar-refractivity contribution in [3.63, 3.8) is 0 Å². The Morgan fingerprint density at radius 1 is 1.16 bits per heavy atom. The number of rotatable bonds is 3. The molecular weight excluding hydrogens is 328 g/mol. The summed E-state index contributed by atoms with van der Waals surface area (Å²) in [4.78, 5) is 0.0756. The number of sulfonamides is 1. The lowest BCUT2D eigenvalue weighted by Crippen LogP contribution is -2.14. The Hall–Kier alpha value is -1.53. The summed E-state index contributed by atoms with van der Waals surface area (Å²) in [6, 6.07) is 11.6. The number of anilines is 2. The van der Waals surface area contributed by atoms with Gasteiger partial charge in [-0.1, -0.05) is 34.1 Å². The molecule has 3 N–H and O–H groups in total. The molecule has 0 heterocycles. The monoisotopic (exact) mass is 340 g/mol. The number of aryl methyl sites for hydroxylation is 1. The first-order valence-electron chi connectivity index (χ1n) is 5.53. The normalized spacial score (nSPS) is 11.3. The van der Waals surface area contributed by atoms with Crippen LogP contribution in [0.3, 0.4) is 0 Å². The van der Waals surface area contributed by atoms with Crippen molar-refractivity contribution in [2.75, 3.05) is 10.5 Å². The van der Waals surface area contributed by atoms with Crippen LogP contribution >= 0.6 is 15.9 Å². The maximum Gasteiger partial charge on any atom is 0.263 e. The van der Waals surface area contributed by atoms with Crippen molar-refractivity contribution in [3.8, 4) is 0 Å². The van der Waals surface area contributed by atoms with Crippen LogP contribution in [0.2, 0.25) is 0 Å². The lowest BCUT2D eigenvalue weighted by Gasteiger charge is -2.10. The molecule has 2 aromatic rings. The Labute approximate surface area is 120 Å². The SMILES string of the molecule is Cc1ccc(NS(=O)(=O)c2ccccc2N)cc1Br. The maximum absolute atomic E-state index is 12.2. The van der Waals surface area contributed by atoms with Crippen molar-refractivity contribution in [1.82, 2.24) is 0 Å². The third-order valence-electron chi connectivity index (χ3n) is 2.63. The van der Waals surface area contributed by atoms with Crippen LogP contribution in [0.5, 0.6) is 0 Å². The number of para-hydroxylation sites is 1. The molecule has 0 unspecified atom stereocenters. The number of benzene rings is 2. The van der Waals surface area contributed by atoms with Crippen LogP contribution in [-0.4, -0.2) is 8.42 Å². The lowest BCUT2D eigenvalue weighted by molar-refractivity contribution is 0.601. The smallest absolute Gasteiger partial charge is 0.263 e. The third-order valence-corrected chi connectivity index (χ3v) is 4.94. The second-order valence-corrected chi connectivity index (χ2v) is 6.61. The van der Waals surface area contributed by atoms with E-state index in [-0.39, 0.29) is 10.6 Å². The van der Waals surface area contributed by atoms with Crippen molar-refractivity contribution >= 4 is 37.3 Å². The molecular formula is C13H13BrN2O2S. The van der Waals surface area contributed by atoms with Crippen LogP contribution in [0.25, 0.3) is 0 Å². The molecule has 0 saturated heterocycles. The highest BCUT2D eigenvalue weighted by Gasteiger charge is 2.17. The summed E-state index contributed by atoms with van der Waals surface area (Å²) in [5.41, 5.74) is 7.43. The third kappa shape index (κ3) is 3.08. The largest absolute Gasteiger partial charge is 0.398 e. The zero-order valence-corrected chi connectivity index (χ0v) is 12.6. The van der Waals surface area contributed by atoms with E-state index in [0.29, 0.717) is 5.69 Å². The van der Waals surface area contributed by atoms with Crippen molar-refractivity contribution in [1.29, 1.82) is 0 Å². The maximum atomic E-state index is 12.2. The fraction of sp³-hybridized carbons (Fsp3) is 0.0769. The second-order valence-electron chi connectivity index (χ2n) is 4.11. The van der Waals surface area contributed by atoms with E-state index in [9.17, 15) is 8.42 Å². The highest BCUT2D eigenvalue weighted by molar-refractivity contribution is 9.10. The average Bonchev–Trinajstić information content (AvgIpc) is 2.34. The average molecular weight is 341 g/mol. The van der Waals surface area contributed by atoms with E-state index >= 15 is 0 Å². The molecule has 0 aliphatic rings. The topological polar surface area (TPSA) is 72.2 Å². The molecule has 19 heavy (non-hydrogen) atoms. The van der Waals surface area contributed by atoms with E-state index in [1.54, 1.807) is 30.3 Å². The predicted molar refractivity (Wildman–Crippen MR) is 80.5 cm³/mol. The van der Waals surface area contributed by atoms with Gasteiger partial charge in [-0.2, -0.15) is 0 Å². The number of nitrogens with two attached hydrogens (primary N) is 1. The van der Waals surface area contributed by atoms with Crippen molar-refractivity contribution in [2.24, 2.45) is 0 Å². The number of hydrogen-bond donors (Lipinski definition) is 2. The minimum Gasteiger partial charge on any atom is -0.398 e.